The van der Waals surface area contributed by atoms with Gasteiger partial charge in [-0.25, -0.2) is 0 Å². The molecule has 0 aliphatic carbocycles. The maximum atomic E-state index is 6.57. The van der Waals surface area contributed by atoms with Gasteiger partial charge in [-0.05, 0) is 53.9 Å². The molecule has 0 aromatic heterocycles. The molecule has 0 spiro atoms. The van der Waals surface area contributed by atoms with Crippen LogP contribution in [0.4, 0.5) is 0 Å². The standard InChI is InChI=1S/C20H44O2Si4/c1-17(2)21-25(11,12)19(15-16-23(5,6)7)20(24(8,9)10)26(13,14)22-18(3)4/h17-18H,1-14H3/b20-19+. The highest BCUT2D eigenvalue weighted by Crippen LogP contribution is 2.34. The van der Waals surface area contributed by atoms with E-state index in [4.69, 9.17) is 8.85 Å². The average Bonchev–Trinajstić information content (AvgIpc) is 2.26. The summed E-state index contributed by atoms with van der Waals surface area (Å²) >= 11 is 0. The molecule has 0 heterocycles. The van der Waals surface area contributed by atoms with Gasteiger partial charge in [0.15, 0.2) is 0 Å². The Hall–Kier alpha value is 0.0875. The predicted molar refractivity (Wildman–Crippen MR) is 129 cm³/mol. The van der Waals surface area contributed by atoms with Crippen LogP contribution >= 0.6 is 0 Å². The predicted octanol–water partition coefficient (Wildman–Crippen LogP) is 6.38. The summed E-state index contributed by atoms with van der Waals surface area (Å²) in [6.45, 7) is 32.2. The molecule has 26 heavy (non-hydrogen) atoms. The first kappa shape index (κ1) is 26.1. The smallest absolute Gasteiger partial charge is 0.226 e. The van der Waals surface area contributed by atoms with Gasteiger partial charge in [-0.3, -0.25) is 0 Å². The van der Waals surface area contributed by atoms with Crippen LogP contribution in [0.15, 0.2) is 10.0 Å². The Balaban J connectivity index is 6.87. The molecule has 152 valence electrons. The maximum Gasteiger partial charge on any atom is 0.226 e. The summed E-state index contributed by atoms with van der Waals surface area (Å²) in [5.74, 6) is 3.71. The molecule has 0 saturated carbocycles. The third-order valence-electron chi connectivity index (χ3n) is 3.83. The van der Waals surface area contributed by atoms with E-state index in [9.17, 15) is 0 Å². The van der Waals surface area contributed by atoms with Crippen LogP contribution in [-0.4, -0.2) is 45.0 Å². The van der Waals surface area contributed by atoms with Gasteiger partial charge in [-0.15, -0.1) is 5.54 Å². The Morgan fingerprint density at radius 2 is 1.04 bits per heavy atom. The Bertz CT molecular complexity index is 565. The monoisotopic (exact) mass is 428 g/mol. The van der Waals surface area contributed by atoms with Crippen LogP contribution in [0.25, 0.3) is 0 Å². The van der Waals surface area contributed by atoms with E-state index < -0.39 is 32.8 Å². The fourth-order valence-corrected chi connectivity index (χ4v) is 20.5. The Morgan fingerprint density at radius 1 is 0.654 bits per heavy atom. The van der Waals surface area contributed by atoms with Gasteiger partial charge in [-0.2, -0.15) is 0 Å². The van der Waals surface area contributed by atoms with Crippen LogP contribution < -0.4 is 0 Å². The molecule has 2 nitrogen and oxygen atoms in total. The summed E-state index contributed by atoms with van der Waals surface area (Å²) in [7, 11) is -7.25. The van der Waals surface area contributed by atoms with Crippen LogP contribution in [0.3, 0.4) is 0 Å². The van der Waals surface area contributed by atoms with Crippen LogP contribution in [0, 0.1) is 11.5 Å². The van der Waals surface area contributed by atoms with Gasteiger partial charge in [0.25, 0.3) is 0 Å². The van der Waals surface area contributed by atoms with Crippen LogP contribution in [0.1, 0.15) is 27.7 Å². The van der Waals surface area contributed by atoms with Crippen molar-refractivity contribution < 1.29 is 8.85 Å². The highest BCUT2D eigenvalue weighted by atomic mass is 28.4. The lowest BCUT2D eigenvalue weighted by molar-refractivity contribution is 0.233. The average molecular weight is 429 g/mol. The minimum absolute atomic E-state index is 0.221. The van der Waals surface area contributed by atoms with Crippen LogP contribution in [-0.2, 0) is 8.85 Å². The lowest BCUT2D eigenvalue weighted by Gasteiger charge is -2.40. The largest absolute Gasteiger partial charge is 0.411 e. The number of rotatable bonds is 7. The van der Waals surface area contributed by atoms with Crippen molar-refractivity contribution in [3.05, 3.63) is 10.0 Å². The second-order valence-corrected chi connectivity index (χ2v) is 28.6. The molecular weight excluding hydrogens is 385 g/mol. The summed E-state index contributed by atoms with van der Waals surface area (Å²) in [5.41, 5.74) is 3.65. The fourth-order valence-electron chi connectivity index (χ4n) is 3.64. The van der Waals surface area contributed by atoms with Gasteiger partial charge in [0.1, 0.15) is 8.07 Å². The molecule has 0 rings (SSSR count). The van der Waals surface area contributed by atoms with E-state index in [0.29, 0.717) is 0 Å². The Morgan fingerprint density at radius 3 is 1.35 bits per heavy atom. The summed E-state index contributed by atoms with van der Waals surface area (Å²) < 4.78 is 13.1. The van der Waals surface area contributed by atoms with E-state index in [1.165, 1.54) is 5.20 Å². The third-order valence-corrected chi connectivity index (χ3v) is 16.2. The lowest BCUT2D eigenvalue weighted by atomic mass is 10.5. The van der Waals surface area contributed by atoms with Crippen molar-refractivity contribution in [2.75, 3.05) is 0 Å². The van der Waals surface area contributed by atoms with Gasteiger partial charge in [0.2, 0.25) is 16.6 Å². The normalized spacial score (nSPS) is 15.1. The maximum absolute atomic E-state index is 6.57. The van der Waals surface area contributed by atoms with Crippen LogP contribution in [0.5, 0.6) is 0 Å². The highest BCUT2D eigenvalue weighted by molar-refractivity contribution is 7.05. The van der Waals surface area contributed by atoms with E-state index in [1.807, 2.05) is 0 Å². The van der Waals surface area contributed by atoms with E-state index in [-0.39, 0.29) is 12.2 Å². The molecule has 0 bridgehead atoms. The molecule has 0 aliphatic rings. The van der Waals surface area contributed by atoms with Crippen molar-refractivity contribution in [3.63, 3.8) is 0 Å². The summed E-state index contributed by atoms with van der Waals surface area (Å²) in [6.07, 6.45) is 0.462. The molecule has 0 N–H and O–H groups in total. The lowest BCUT2D eigenvalue weighted by Crippen LogP contribution is -2.51. The molecule has 0 aromatic carbocycles. The zero-order valence-electron chi connectivity index (χ0n) is 20.0. The Labute approximate surface area is 168 Å². The van der Waals surface area contributed by atoms with Crippen LogP contribution in [0.2, 0.25) is 65.5 Å². The molecule has 0 atom stereocenters. The van der Waals surface area contributed by atoms with Gasteiger partial charge in [0.05, 0.1) is 8.07 Å². The van der Waals surface area contributed by atoms with E-state index >= 15 is 0 Å². The number of hydrogen-bond donors (Lipinski definition) is 0. The molecule has 0 aliphatic heterocycles. The molecule has 0 radical (unpaired) electrons. The molecule has 6 heteroatoms. The van der Waals surface area contributed by atoms with Crippen molar-refractivity contribution >= 4 is 32.8 Å². The zero-order valence-corrected chi connectivity index (χ0v) is 24.0. The third kappa shape index (κ3) is 8.85. The first-order chi connectivity index (χ1) is 11.3. The van der Waals surface area contributed by atoms with Crippen molar-refractivity contribution in [1.82, 2.24) is 0 Å². The van der Waals surface area contributed by atoms with Crippen molar-refractivity contribution in [2.45, 2.75) is 105 Å². The molecule has 0 amide bonds. The second kappa shape index (κ2) is 9.06. The quantitative estimate of drug-likeness (QED) is 0.346. The Kier molecular flexibility index (Phi) is 9.09. The second-order valence-electron chi connectivity index (χ2n) is 10.9. The van der Waals surface area contributed by atoms with Crippen molar-refractivity contribution in [2.24, 2.45) is 0 Å². The van der Waals surface area contributed by atoms with Gasteiger partial charge in [0, 0.05) is 17.4 Å². The zero-order chi connectivity index (χ0) is 21.1. The minimum atomic E-state index is -2.11. The first-order valence-electron chi connectivity index (χ1n) is 9.94. The topological polar surface area (TPSA) is 18.5 Å². The van der Waals surface area contributed by atoms with Crippen molar-refractivity contribution in [1.29, 1.82) is 0 Å². The van der Waals surface area contributed by atoms with Gasteiger partial charge < -0.3 is 8.85 Å². The summed E-state index contributed by atoms with van der Waals surface area (Å²) in [6, 6.07) is 0. The van der Waals surface area contributed by atoms with Gasteiger partial charge >= 0.3 is 0 Å². The van der Waals surface area contributed by atoms with E-state index in [1.54, 1.807) is 4.82 Å². The van der Waals surface area contributed by atoms with Gasteiger partial charge in [-0.1, -0.05) is 50.0 Å². The first-order valence-corrected chi connectivity index (χ1v) is 22.8. The van der Waals surface area contributed by atoms with E-state index in [0.717, 1.165) is 0 Å². The number of allylic oxidation sites excluding steroid dienone is 1. The highest BCUT2D eigenvalue weighted by Gasteiger charge is 2.44. The molecule has 0 unspecified atom stereocenters. The van der Waals surface area contributed by atoms with E-state index in [2.05, 4.69) is 105 Å². The summed E-state index contributed by atoms with van der Waals surface area (Å²) in [4.78, 5) is 1.57. The van der Waals surface area contributed by atoms with Crippen molar-refractivity contribution in [3.8, 4) is 11.5 Å². The fraction of sp³-hybridized carbons (Fsp3) is 0.800. The molecular formula is C20H44O2Si4. The molecule has 0 saturated heterocycles. The molecule has 0 aromatic rings. The minimum Gasteiger partial charge on any atom is -0.411 e. The summed E-state index contributed by atoms with van der Waals surface area (Å²) in [5, 5.41) is 1.34. The number of hydrogen-bond acceptors (Lipinski definition) is 2. The SMILES string of the molecule is CC(C)O[Si](C)(C)/C(C#C[Si](C)(C)C)=C(\[Si](C)(C)C)[Si](C)(C)OC(C)C. The molecule has 0 fully saturated rings.